The average Bonchev–Trinajstić information content (AvgIpc) is 3.55. The molecule has 0 saturated carbocycles. The summed E-state index contributed by atoms with van der Waals surface area (Å²) in [5.41, 5.74) is 0.462. The first kappa shape index (κ1) is 20.2. The molecular weight excluding hydrogens is 398 g/mol. The van der Waals surface area contributed by atoms with Gasteiger partial charge in [0.05, 0.1) is 11.6 Å². The summed E-state index contributed by atoms with van der Waals surface area (Å²) in [5, 5.41) is 14.2. The number of amides is 1. The molecule has 1 aliphatic heterocycles. The Morgan fingerprint density at radius 2 is 2.03 bits per heavy atom. The van der Waals surface area contributed by atoms with Crippen LogP contribution < -0.4 is 10.1 Å². The summed E-state index contributed by atoms with van der Waals surface area (Å²) in [6.45, 7) is 2.81. The molecule has 4 rings (SSSR count). The fraction of sp³-hybridized carbons (Fsp3) is 0.304. The van der Waals surface area contributed by atoms with Crippen molar-refractivity contribution in [3.63, 3.8) is 0 Å². The maximum atomic E-state index is 12.6. The molecule has 1 amide bonds. The van der Waals surface area contributed by atoms with Gasteiger partial charge in [-0.1, -0.05) is 18.2 Å². The highest BCUT2D eigenvalue weighted by molar-refractivity contribution is 7.10. The van der Waals surface area contributed by atoms with Gasteiger partial charge in [-0.05, 0) is 61.6 Å². The lowest BCUT2D eigenvalue weighted by Gasteiger charge is -2.26. The third-order valence-corrected chi connectivity index (χ3v) is 6.15. The molecule has 154 valence electrons. The van der Waals surface area contributed by atoms with Gasteiger partial charge in [-0.3, -0.25) is 9.69 Å². The predicted octanol–water partition coefficient (Wildman–Crippen LogP) is 4.36. The Labute approximate surface area is 179 Å². The number of para-hydroxylation sites is 1. The number of furan rings is 1. The predicted molar refractivity (Wildman–Crippen MR) is 114 cm³/mol. The van der Waals surface area contributed by atoms with E-state index in [1.54, 1.807) is 41.7 Å². The largest absolute Gasteiger partial charge is 0.484 e. The van der Waals surface area contributed by atoms with Crippen LogP contribution in [0.2, 0.25) is 0 Å². The standard InChI is InChI=1S/C23H23N3O3S/c24-14-17-6-1-2-7-20(17)28-16-18-9-10-21(29-18)23(27)25-15-19(22-8-5-13-30-22)26-11-3-4-12-26/h1-2,5-10,13,19H,3-4,11-12,15-16H2,(H,25,27). The van der Waals surface area contributed by atoms with Crippen molar-refractivity contribution in [3.05, 3.63) is 75.9 Å². The van der Waals surface area contributed by atoms with Gasteiger partial charge >= 0.3 is 0 Å². The highest BCUT2D eigenvalue weighted by Crippen LogP contribution is 2.28. The fourth-order valence-electron chi connectivity index (χ4n) is 3.63. The van der Waals surface area contributed by atoms with Crippen molar-refractivity contribution in [1.82, 2.24) is 10.2 Å². The summed E-state index contributed by atoms with van der Waals surface area (Å²) < 4.78 is 11.3. The van der Waals surface area contributed by atoms with Crippen molar-refractivity contribution < 1.29 is 13.9 Å². The van der Waals surface area contributed by atoms with Gasteiger partial charge in [-0.2, -0.15) is 5.26 Å². The van der Waals surface area contributed by atoms with Gasteiger partial charge < -0.3 is 14.5 Å². The molecule has 1 atom stereocenters. The maximum absolute atomic E-state index is 12.6. The summed E-state index contributed by atoms with van der Waals surface area (Å²) in [5.74, 6) is 1.04. The van der Waals surface area contributed by atoms with Crippen LogP contribution in [0.5, 0.6) is 5.75 Å². The maximum Gasteiger partial charge on any atom is 0.287 e. The Morgan fingerprint density at radius 1 is 1.20 bits per heavy atom. The zero-order valence-corrected chi connectivity index (χ0v) is 17.4. The molecule has 30 heavy (non-hydrogen) atoms. The molecule has 1 saturated heterocycles. The number of nitrogens with zero attached hydrogens (tertiary/aromatic N) is 2. The van der Waals surface area contributed by atoms with E-state index in [4.69, 9.17) is 14.4 Å². The zero-order valence-electron chi connectivity index (χ0n) is 16.5. The summed E-state index contributed by atoms with van der Waals surface area (Å²) in [7, 11) is 0. The highest BCUT2D eigenvalue weighted by Gasteiger charge is 2.25. The fourth-order valence-corrected chi connectivity index (χ4v) is 4.49. The topological polar surface area (TPSA) is 78.5 Å². The SMILES string of the molecule is N#Cc1ccccc1OCc1ccc(C(=O)NCC(c2cccs2)N2CCCC2)o1. The Morgan fingerprint density at radius 3 is 2.80 bits per heavy atom. The normalized spacial score (nSPS) is 14.9. The lowest BCUT2D eigenvalue weighted by Crippen LogP contribution is -2.36. The molecule has 2 aromatic heterocycles. The number of likely N-dealkylation sites (tertiary alicyclic amines) is 1. The molecule has 1 N–H and O–H groups in total. The second-order valence-electron chi connectivity index (χ2n) is 7.15. The highest BCUT2D eigenvalue weighted by atomic mass is 32.1. The summed E-state index contributed by atoms with van der Waals surface area (Å²) in [6, 6.07) is 16.9. The van der Waals surface area contributed by atoms with Crippen LogP contribution in [0, 0.1) is 11.3 Å². The number of rotatable bonds is 8. The van der Waals surface area contributed by atoms with Gasteiger partial charge in [0.1, 0.15) is 24.2 Å². The van der Waals surface area contributed by atoms with Crippen LogP contribution in [-0.4, -0.2) is 30.4 Å². The molecule has 3 aromatic rings. The Hall–Kier alpha value is -3.08. The van der Waals surface area contributed by atoms with E-state index in [2.05, 4.69) is 27.7 Å². The Kier molecular flexibility index (Phi) is 6.47. The molecule has 0 radical (unpaired) electrons. The number of carbonyl (C=O) groups is 1. The third kappa shape index (κ3) is 4.73. The van der Waals surface area contributed by atoms with Gasteiger partial charge in [0.2, 0.25) is 0 Å². The van der Waals surface area contributed by atoms with Crippen molar-refractivity contribution in [2.45, 2.75) is 25.5 Å². The molecule has 0 bridgehead atoms. The number of benzene rings is 1. The molecule has 1 fully saturated rings. The Balaban J connectivity index is 1.35. The quantitative estimate of drug-likeness (QED) is 0.585. The van der Waals surface area contributed by atoms with E-state index >= 15 is 0 Å². The number of thiophene rings is 1. The second kappa shape index (κ2) is 9.61. The van der Waals surface area contributed by atoms with E-state index < -0.39 is 0 Å². The number of hydrogen-bond donors (Lipinski definition) is 1. The van der Waals surface area contributed by atoms with Crippen LogP contribution in [0.4, 0.5) is 0 Å². The summed E-state index contributed by atoms with van der Waals surface area (Å²) >= 11 is 1.72. The van der Waals surface area contributed by atoms with Gasteiger partial charge in [0, 0.05) is 11.4 Å². The number of nitriles is 1. The smallest absolute Gasteiger partial charge is 0.287 e. The van der Waals surface area contributed by atoms with Crippen LogP contribution in [0.3, 0.4) is 0 Å². The Bertz CT molecular complexity index is 1020. The number of hydrogen-bond acceptors (Lipinski definition) is 6. The van der Waals surface area contributed by atoms with E-state index in [-0.39, 0.29) is 24.3 Å². The number of ether oxygens (including phenoxy) is 1. The van der Waals surface area contributed by atoms with Gasteiger partial charge in [-0.15, -0.1) is 11.3 Å². The third-order valence-electron chi connectivity index (χ3n) is 5.17. The monoisotopic (exact) mass is 421 g/mol. The second-order valence-corrected chi connectivity index (χ2v) is 8.13. The van der Waals surface area contributed by atoms with Crippen molar-refractivity contribution >= 4 is 17.2 Å². The van der Waals surface area contributed by atoms with Crippen LogP contribution in [0.1, 0.15) is 45.6 Å². The first-order valence-corrected chi connectivity index (χ1v) is 10.9. The van der Waals surface area contributed by atoms with Crippen LogP contribution >= 0.6 is 11.3 Å². The lowest BCUT2D eigenvalue weighted by atomic mass is 10.2. The van der Waals surface area contributed by atoms with E-state index in [1.807, 2.05) is 12.1 Å². The van der Waals surface area contributed by atoms with Gasteiger partial charge in [0.15, 0.2) is 5.76 Å². The molecule has 0 aliphatic carbocycles. The summed E-state index contributed by atoms with van der Waals surface area (Å²) in [4.78, 5) is 16.3. The zero-order chi connectivity index (χ0) is 20.8. The number of nitrogens with one attached hydrogen (secondary N) is 1. The molecule has 7 heteroatoms. The molecule has 6 nitrogen and oxygen atoms in total. The van der Waals surface area contributed by atoms with Crippen molar-refractivity contribution in [2.75, 3.05) is 19.6 Å². The van der Waals surface area contributed by atoms with E-state index in [1.165, 1.54) is 17.7 Å². The van der Waals surface area contributed by atoms with Crippen molar-refractivity contribution in [2.24, 2.45) is 0 Å². The number of carbonyl (C=O) groups excluding carboxylic acids is 1. The minimum atomic E-state index is -0.237. The molecule has 1 aromatic carbocycles. The molecule has 1 unspecified atom stereocenters. The van der Waals surface area contributed by atoms with Crippen LogP contribution in [0.25, 0.3) is 0 Å². The van der Waals surface area contributed by atoms with Crippen LogP contribution in [-0.2, 0) is 6.61 Å². The first-order valence-electron chi connectivity index (χ1n) is 10.0. The van der Waals surface area contributed by atoms with E-state index in [0.717, 1.165) is 13.1 Å². The average molecular weight is 422 g/mol. The van der Waals surface area contributed by atoms with Crippen LogP contribution in [0.15, 0.2) is 58.3 Å². The molecule has 0 spiro atoms. The molecular formula is C23H23N3O3S. The van der Waals surface area contributed by atoms with Gasteiger partial charge in [0.25, 0.3) is 5.91 Å². The minimum absolute atomic E-state index is 0.150. The summed E-state index contributed by atoms with van der Waals surface area (Å²) in [6.07, 6.45) is 2.40. The van der Waals surface area contributed by atoms with Crippen molar-refractivity contribution in [3.8, 4) is 11.8 Å². The van der Waals surface area contributed by atoms with E-state index in [0.29, 0.717) is 23.6 Å². The lowest BCUT2D eigenvalue weighted by molar-refractivity contribution is 0.0906. The first-order chi connectivity index (χ1) is 14.7. The van der Waals surface area contributed by atoms with Crippen molar-refractivity contribution in [1.29, 1.82) is 5.26 Å². The van der Waals surface area contributed by atoms with Gasteiger partial charge in [-0.25, -0.2) is 0 Å². The molecule has 1 aliphatic rings. The molecule has 3 heterocycles. The minimum Gasteiger partial charge on any atom is -0.484 e. The van der Waals surface area contributed by atoms with E-state index in [9.17, 15) is 4.79 Å².